The third-order valence-electron chi connectivity index (χ3n) is 4.34. The molecule has 1 aromatic carbocycles. The Kier molecular flexibility index (Phi) is 5.38. The molecule has 3 rings (SSSR count). The van der Waals surface area contributed by atoms with Crippen LogP contribution in [0.4, 0.5) is 4.39 Å². The molecule has 2 fully saturated rings. The molecule has 23 heavy (non-hydrogen) atoms. The first kappa shape index (κ1) is 16.5. The SMILES string of the molecule is O=C(COc1ccc(F)c(Cl)c1)N[C@H]1CCCN(CC2CC2)C1. The van der Waals surface area contributed by atoms with Gasteiger partial charge in [0.1, 0.15) is 11.6 Å². The first-order valence-electron chi connectivity index (χ1n) is 8.20. The second-order valence-electron chi connectivity index (χ2n) is 6.47. The van der Waals surface area contributed by atoms with Gasteiger partial charge in [-0.05, 0) is 50.3 Å². The molecule has 6 heteroatoms. The van der Waals surface area contributed by atoms with E-state index in [1.54, 1.807) is 0 Å². The number of halogens is 2. The van der Waals surface area contributed by atoms with Crippen LogP contribution in [-0.2, 0) is 4.79 Å². The van der Waals surface area contributed by atoms with Crippen LogP contribution in [0.1, 0.15) is 25.7 Å². The fourth-order valence-corrected chi connectivity index (χ4v) is 3.16. The quantitative estimate of drug-likeness (QED) is 0.865. The van der Waals surface area contributed by atoms with E-state index in [9.17, 15) is 9.18 Å². The number of amides is 1. The number of nitrogens with zero attached hydrogens (tertiary/aromatic N) is 1. The molecule has 1 N–H and O–H groups in total. The first-order chi connectivity index (χ1) is 11.1. The molecule has 1 aliphatic carbocycles. The summed E-state index contributed by atoms with van der Waals surface area (Å²) in [5.41, 5.74) is 0. The van der Waals surface area contributed by atoms with Crippen molar-refractivity contribution in [1.29, 1.82) is 0 Å². The number of likely N-dealkylation sites (tertiary alicyclic amines) is 1. The monoisotopic (exact) mass is 340 g/mol. The topological polar surface area (TPSA) is 41.6 Å². The molecule has 1 saturated carbocycles. The van der Waals surface area contributed by atoms with Gasteiger partial charge in [0.25, 0.3) is 5.91 Å². The molecule has 4 nitrogen and oxygen atoms in total. The smallest absolute Gasteiger partial charge is 0.258 e. The number of nitrogens with one attached hydrogen (secondary N) is 1. The first-order valence-corrected chi connectivity index (χ1v) is 8.57. The van der Waals surface area contributed by atoms with Gasteiger partial charge in [-0.15, -0.1) is 0 Å². The predicted molar refractivity (Wildman–Crippen MR) is 87.2 cm³/mol. The summed E-state index contributed by atoms with van der Waals surface area (Å²) >= 11 is 5.69. The lowest BCUT2D eigenvalue weighted by molar-refractivity contribution is -0.124. The van der Waals surface area contributed by atoms with Crippen LogP contribution in [0.5, 0.6) is 5.75 Å². The molecule has 0 radical (unpaired) electrons. The number of benzene rings is 1. The maximum Gasteiger partial charge on any atom is 0.258 e. The Hall–Kier alpha value is -1.33. The average molecular weight is 341 g/mol. The van der Waals surface area contributed by atoms with E-state index >= 15 is 0 Å². The molecule has 0 spiro atoms. The highest BCUT2D eigenvalue weighted by Gasteiger charge is 2.28. The van der Waals surface area contributed by atoms with E-state index in [-0.39, 0.29) is 23.6 Å². The van der Waals surface area contributed by atoms with Crippen LogP contribution in [0.3, 0.4) is 0 Å². The Labute approximate surface area is 140 Å². The second-order valence-corrected chi connectivity index (χ2v) is 6.88. The zero-order valence-electron chi connectivity index (χ0n) is 13.1. The van der Waals surface area contributed by atoms with Crippen LogP contribution in [0.25, 0.3) is 0 Å². The highest BCUT2D eigenvalue weighted by molar-refractivity contribution is 6.30. The molecule has 1 saturated heterocycles. The minimum atomic E-state index is -0.499. The zero-order chi connectivity index (χ0) is 16.2. The standard InChI is InChI=1S/C17H22ClFN2O2/c18-15-8-14(5-6-16(15)19)23-11-17(22)20-13-2-1-7-21(10-13)9-12-3-4-12/h5-6,8,12-13H,1-4,7,9-11H2,(H,20,22)/t13-/m0/s1. The summed E-state index contributed by atoms with van der Waals surface area (Å²) in [4.78, 5) is 14.5. The highest BCUT2D eigenvalue weighted by Crippen LogP contribution is 2.30. The van der Waals surface area contributed by atoms with E-state index in [1.807, 2.05) is 0 Å². The van der Waals surface area contributed by atoms with E-state index in [1.165, 1.54) is 31.0 Å². The van der Waals surface area contributed by atoms with Gasteiger partial charge in [0.2, 0.25) is 0 Å². The fourth-order valence-electron chi connectivity index (χ4n) is 2.99. The number of carbonyl (C=O) groups excluding carboxylic acids is 1. The third kappa shape index (κ3) is 5.08. The van der Waals surface area contributed by atoms with Crippen molar-refractivity contribution in [3.8, 4) is 5.75 Å². The summed E-state index contributed by atoms with van der Waals surface area (Å²) < 4.78 is 18.4. The second kappa shape index (κ2) is 7.49. The van der Waals surface area contributed by atoms with Crippen LogP contribution in [-0.4, -0.2) is 43.1 Å². The Balaban J connectivity index is 1.42. The summed E-state index contributed by atoms with van der Waals surface area (Å²) in [6, 6.07) is 4.26. The van der Waals surface area contributed by atoms with E-state index < -0.39 is 5.82 Å². The van der Waals surface area contributed by atoms with Crippen molar-refractivity contribution < 1.29 is 13.9 Å². The summed E-state index contributed by atoms with van der Waals surface area (Å²) in [5.74, 6) is 0.617. The van der Waals surface area contributed by atoms with E-state index in [0.29, 0.717) is 5.75 Å². The summed E-state index contributed by atoms with van der Waals surface area (Å²) in [7, 11) is 0. The normalized spacial score (nSPS) is 21.9. The van der Waals surface area contributed by atoms with Gasteiger partial charge >= 0.3 is 0 Å². The number of carbonyl (C=O) groups is 1. The molecule has 0 unspecified atom stereocenters. The number of ether oxygens (including phenoxy) is 1. The molecule has 1 aromatic rings. The van der Waals surface area contributed by atoms with Gasteiger partial charge in [0.15, 0.2) is 6.61 Å². The summed E-state index contributed by atoms with van der Waals surface area (Å²) in [5, 5.41) is 3.02. The highest BCUT2D eigenvalue weighted by atomic mass is 35.5. The van der Waals surface area contributed by atoms with Gasteiger partial charge < -0.3 is 15.0 Å². The van der Waals surface area contributed by atoms with Gasteiger partial charge in [-0.1, -0.05) is 11.6 Å². The molecular formula is C17H22ClFN2O2. The van der Waals surface area contributed by atoms with Crippen molar-refractivity contribution >= 4 is 17.5 Å². The number of piperidine rings is 1. The van der Waals surface area contributed by atoms with E-state index in [0.717, 1.165) is 38.4 Å². The molecular weight excluding hydrogens is 319 g/mol. The Morgan fingerprint density at radius 1 is 1.39 bits per heavy atom. The van der Waals surface area contributed by atoms with E-state index in [2.05, 4.69) is 10.2 Å². The van der Waals surface area contributed by atoms with Crippen molar-refractivity contribution in [1.82, 2.24) is 10.2 Å². The van der Waals surface area contributed by atoms with Crippen LogP contribution >= 0.6 is 11.6 Å². The van der Waals surface area contributed by atoms with Gasteiger partial charge in [0.05, 0.1) is 5.02 Å². The van der Waals surface area contributed by atoms with Gasteiger partial charge in [-0.3, -0.25) is 4.79 Å². The minimum absolute atomic E-state index is 0.00842. The Morgan fingerprint density at radius 2 is 2.22 bits per heavy atom. The molecule has 1 amide bonds. The van der Waals surface area contributed by atoms with Gasteiger partial charge in [-0.25, -0.2) is 4.39 Å². The maximum atomic E-state index is 13.1. The van der Waals surface area contributed by atoms with E-state index in [4.69, 9.17) is 16.3 Å². The molecule has 1 atom stereocenters. The summed E-state index contributed by atoms with van der Waals surface area (Å²) in [6.07, 6.45) is 4.82. The average Bonchev–Trinajstić information content (AvgIpc) is 3.33. The maximum absolute atomic E-state index is 13.1. The van der Waals surface area contributed by atoms with Crippen molar-refractivity contribution in [3.63, 3.8) is 0 Å². The van der Waals surface area contributed by atoms with Crippen LogP contribution in [0.2, 0.25) is 5.02 Å². The largest absolute Gasteiger partial charge is 0.484 e. The number of rotatable bonds is 6. The lowest BCUT2D eigenvalue weighted by atomic mass is 10.1. The van der Waals surface area contributed by atoms with Crippen molar-refractivity contribution in [2.75, 3.05) is 26.2 Å². The van der Waals surface area contributed by atoms with Crippen LogP contribution in [0.15, 0.2) is 18.2 Å². The minimum Gasteiger partial charge on any atom is -0.484 e. The Morgan fingerprint density at radius 3 is 2.96 bits per heavy atom. The molecule has 126 valence electrons. The molecule has 2 aliphatic rings. The zero-order valence-corrected chi connectivity index (χ0v) is 13.8. The lowest BCUT2D eigenvalue weighted by Gasteiger charge is -2.33. The number of hydrogen-bond donors (Lipinski definition) is 1. The fraction of sp³-hybridized carbons (Fsp3) is 0.588. The van der Waals surface area contributed by atoms with Crippen molar-refractivity contribution in [2.24, 2.45) is 5.92 Å². The lowest BCUT2D eigenvalue weighted by Crippen LogP contribution is -2.49. The third-order valence-corrected chi connectivity index (χ3v) is 4.63. The molecule has 0 bridgehead atoms. The van der Waals surface area contributed by atoms with Crippen molar-refractivity contribution in [3.05, 3.63) is 29.0 Å². The van der Waals surface area contributed by atoms with Crippen molar-refractivity contribution in [2.45, 2.75) is 31.7 Å². The summed E-state index contributed by atoms with van der Waals surface area (Å²) in [6.45, 7) is 3.14. The van der Waals surface area contributed by atoms with Crippen LogP contribution < -0.4 is 10.1 Å². The molecule has 1 heterocycles. The molecule has 0 aromatic heterocycles. The predicted octanol–water partition coefficient (Wildman–Crippen LogP) is 2.85. The number of hydrogen-bond acceptors (Lipinski definition) is 3. The Bertz CT molecular complexity index is 566. The van der Waals surface area contributed by atoms with Gasteiger partial charge in [-0.2, -0.15) is 0 Å². The molecule has 1 aliphatic heterocycles. The van der Waals surface area contributed by atoms with Crippen LogP contribution in [0, 0.1) is 11.7 Å². The van der Waals surface area contributed by atoms with Gasteiger partial charge in [0, 0.05) is 25.2 Å².